The Morgan fingerprint density at radius 1 is 1.04 bits per heavy atom. The molecule has 1 aliphatic rings. The molecule has 1 fully saturated rings. The van der Waals surface area contributed by atoms with Crippen LogP contribution in [0.25, 0.3) is 0 Å². The fraction of sp³-hybridized carbons (Fsp3) is 0.333. The van der Waals surface area contributed by atoms with E-state index >= 15 is 0 Å². The second kappa shape index (κ2) is 7.29. The Bertz CT molecular complexity index is 771. The van der Waals surface area contributed by atoms with Crippen LogP contribution in [0.15, 0.2) is 36.8 Å². The quantitative estimate of drug-likeness (QED) is 0.844. The summed E-state index contributed by atoms with van der Waals surface area (Å²) in [5.41, 5.74) is 1.88. The molecule has 0 saturated carbocycles. The summed E-state index contributed by atoms with van der Waals surface area (Å²) in [4.78, 5) is 36.4. The van der Waals surface area contributed by atoms with Crippen molar-refractivity contribution in [2.24, 2.45) is 0 Å². The second-order valence-electron chi connectivity index (χ2n) is 5.86. The number of piperazine rings is 1. The van der Waals surface area contributed by atoms with Gasteiger partial charge >= 0.3 is 0 Å². The highest BCUT2D eigenvalue weighted by molar-refractivity contribution is 5.95. The summed E-state index contributed by atoms with van der Waals surface area (Å²) < 4.78 is 5.23. The maximum atomic E-state index is 12.7. The van der Waals surface area contributed by atoms with Crippen molar-refractivity contribution >= 4 is 11.8 Å². The number of hydrogen-bond donors (Lipinski definition) is 0. The first-order valence-electron chi connectivity index (χ1n) is 8.09. The zero-order valence-corrected chi connectivity index (χ0v) is 14.3. The molecule has 2 heterocycles. The SMILES string of the molecule is COc1ccc(C(=O)N2CCN(C(=O)c3cnccn3)CC2)cc1C. The van der Waals surface area contributed by atoms with Crippen LogP contribution >= 0.6 is 0 Å². The maximum Gasteiger partial charge on any atom is 0.274 e. The van der Waals surface area contributed by atoms with E-state index in [1.165, 1.54) is 18.6 Å². The van der Waals surface area contributed by atoms with Crippen LogP contribution in [0.1, 0.15) is 26.4 Å². The third-order valence-corrected chi connectivity index (χ3v) is 4.28. The normalized spacial score (nSPS) is 14.3. The Balaban J connectivity index is 1.63. The predicted molar refractivity (Wildman–Crippen MR) is 91.6 cm³/mol. The van der Waals surface area contributed by atoms with Gasteiger partial charge in [-0.05, 0) is 30.7 Å². The number of rotatable bonds is 3. The van der Waals surface area contributed by atoms with E-state index in [0.29, 0.717) is 37.4 Å². The molecule has 2 amide bonds. The first kappa shape index (κ1) is 16.9. The van der Waals surface area contributed by atoms with Gasteiger partial charge in [-0.1, -0.05) is 0 Å². The van der Waals surface area contributed by atoms with Crippen molar-refractivity contribution in [3.05, 3.63) is 53.6 Å². The molecule has 0 N–H and O–H groups in total. The molecule has 1 aromatic heterocycles. The van der Waals surface area contributed by atoms with Crippen molar-refractivity contribution in [1.82, 2.24) is 19.8 Å². The van der Waals surface area contributed by atoms with E-state index in [9.17, 15) is 9.59 Å². The third kappa shape index (κ3) is 3.60. The minimum Gasteiger partial charge on any atom is -0.496 e. The van der Waals surface area contributed by atoms with Crippen LogP contribution in [0.2, 0.25) is 0 Å². The van der Waals surface area contributed by atoms with Crippen LogP contribution in [0.4, 0.5) is 0 Å². The number of amides is 2. The molecule has 0 spiro atoms. The van der Waals surface area contributed by atoms with Crippen LogP contribution in [0.5, 0.6) is 5.75 Å². The fourth-order valence-electron chi connectivity index (χ4n) is 2.88. The number of nitrogens with zero attached hydrogens (tertiary/aromatic N) is 4. The Labute approximate surface area is 146 Å². The first-order valence-corrected chi connectivity index (χ1v) is 8.09. The average molecular weight is 340 g/mol. The summed E-state index contributed by atoms with van der Waals surface area (Å²) in [5.74, 6) is 0.578. The lowest BCUT2D eigenvalue weighted by molar-refractivity contribution is 0.0532. The monoisotopic (exact) mass is 340 g/mol. The lowest BCUT2D eigenvalue weighted by Gasteiger charge is -2.34. The molecule has 0 unspecified atom stereocenters. The lowest BCUT2D eigenvalue weighted by Crippen LogP contribution is -2.50. The molecule has 130 valence electrons. The highest BCUT2D eigenvalue weighted by atomic mass is 16.5. The van der Waals surface area contributed by atoms with Crippen LogP contribution in [0, 0.1) is 6.92 Å². The van der Waals surface area contributed by atoms with E-state index in [1.54, 1.807) is 29.0 Å². The molecule has 0 radical (unpaired) electrons. The van der Waals surface area contributed by atoms with E-state index < -0.39 is 0 Å². The highest BCUT2D eigenvalue weighted by Gasteiger charge is 2.26. The van der Waals surface area contributed by atoms with Crippen LogP contribution < -0.4 is 4.74 Å². The van der Waals surface area contributed by atoms with E-state index in [1.807, 2.05) is 13.0 Å². The second-order valence-corrected chi connectivity index (χ2v) is 5.86. The standard InChI is InChI=1S/C18H20N4O3/c1-13-11-14(3-4-16(13)25-2)17(23)21-7-9-22(10-8-21)18(24)15-12-19-5-6-20-15/h3-6,11-12H,7-10H2,1-2H3. The zero-order valence-electron chi connectivity index (χ0n) is 14.3. The number of benzene rings is 1. The molecule has 7 nitrogen and oxygen atoms in total. The van der Waals surface area contributed by atoms with Gasteiger partial charge in [0.05, 0.1) is 13.3 Å². The molecule has 0 atom stereocenters. The summed E-state index contributed by atoms with van der Waals surface area (Å²) in [6.45, 7) is 3.87. The lowest BCUT2D eigenvalue weighted by atomic mass is 10.1. The molecule has 3 rings (SSSR count). The number of aryl methyl sites for hydroxylation is 1. The van der Waals surface area contributed by atoms with Crippen molar-refractivity contribution < 1.29 is 14.3 Å². The summed E-state index contributed by atoms with van der Waals surface area (Å²) in [6, 6.07) is 5.40. The summed E-state index contributed by atoms with van der Waals surface area (Å²) in [5, 5.41) is 0. The van der Waals surface area contributed by atoms with Crippen molar-refractivity contribution in [2.75, 3.05) is 33.3 Å². The summed E-state index contributed by atoms with van der Waals surface area (Å²) in [6.07, 6.45) is 4.49. The Morgan fingerprint density at radius 2 is 1.72 bits per heavy atom. The molecule has 1 saturated heterocycles. The number of aromatic nitrogens is 2. The molecule has 0 bridgehead atoms. The minimum atomic E-state index is -0.152. The van der Waals surface area contributed by atoms with Gasteiger partial charge in [0.1, 0.15) is 11.4 Å². The van der Waals surface area contributed by atoms with Crippen molar-refractivity contribution in [3.8, 4) is 5.75 Å². The van der Waals surface area contributed by atoms with E-state index in [4.69, 9.17) is 4.74 Å². The molecule has 1 aromatic carbocycles. The summed E-state index contributed by atoms with van der Waals surface area (Å²) in [7, 11) is 1.61. The van der Waals surface area contributed by atoms with Gasteiger partial charge < -0.3 is 14.5 Å². The van der Waals surface area contributed by atoms with Crippen LogP contribution in [0.3, 0.4) is 0 Å². The zero-order chi connectivity index (χ0) is 17.8. The van der Waals surface area contributed by atoms with Crippen molar-refractivity contribution in [3.63, 3.8) is 0 Å². The van der Waals surface area contributed by atoms with Gasteiger partial charge in [-0.3, -0.25) is 14.6 Å². The van der Waals surface area contributed by atoms with E-state index in [2.05, 4.69) is 9.97 Å². The average Bonchev–Trinajstić information content (AvgIpc) is 2.67. The molecule has 2 aromatic rings. The number of carbonyl (C=O) groups is 2. The molecule has 7 heteroatoms. The van der Waals surface area contributed by atoms with Gasteiger partial charge in [-0.25, -0.2) is 4.98 Å². The first-order chi connectivity index (χ1) is 12.1. The smallest absolute Gasteiger partial charge is 0.274 e. The van der Waals surface area contributed by atoms with Gasteiger partial charge in [0.15, 0.2) is 0 Å². The predicted octanol–water partition coefficient (Wildman–Crippen LogP) is 1.39. The number of hydrogen-bond acceptors (Lipinski definition) is 5. The molecule has 25 heavy (non-hydrogen) atoms. The Kier molecular flexibility index (Phi) is 4.92. The minimum absolute atomic E-state index is 0.0302. The van der Waals surface area contributed by atoms with Crippen LogP contribution in [-0.2, 0) is 0 Å². The molecular formula is C18H20N4O3. The van der Waals surface area contributed by atoms with Crippen LogP contribution in [-0.4, -0.2) is 64.9 Å². The third-order valence-electron chi connectivity index (χ3n) is 4.28. The topological polar surface area (TPSA) is 75.6 Å². The van der Waals surface area contributed by atoms with Crippen molar-refractivity contribution in [1.29, 1.82) is 0 Å². The van der Waals surface area contributed by atoms with E-state index in [0.717, 1.165) is 11.3 Å². The Hall–Kier alpha value is -2.96. The van der Waals surface area contributed by atoms with E-state index in [-0.39, 0.29) is 11.8 Å². The van der Waals surface area contributed by atoms with Gasteiger partial charge in [0, 0.05) is 44.1 Å². The van der Waals surface area contributed by atoms with Gasteiger partial charge in [-0.15, -0.1) is 0 Å². The fourth-order valence-corrected chi connectivity index (χ4v) is 2.88. The molecule has 1 aliphatic heterocycles. The van der Waals surface area contributed by atoms with Crippen molar-refractivity contribution in [2.45, 2.75) is 6.92 Å². The largest absolute Gasteiger partial charge is 0.496 e. The number of methoxy groups -OCH3 is 1. The molecule has 0 aliphatic carbocycles. The van der Waals surface area contributed by atoms with Gasteiger partial charge in [0.2, 0.25) is 0 Å². The Morgan fingerprint density at radius 3 is 2.28 bits per heavy atom. The highest BCUT2D eigenvalue weighted by Crippen LogP contribution is 2.20. The molecular weight excluding hydrogens is 320 g/mol. The van der Waals surface area contributed by atoms with Gasteiger partial charge in [-0.2, -0.15) is 0 Å². The maximum absolute atomic E-state index is 12.7. The van der Waals surface area contributed by atoms with Gasteiger partial charge in [0.25, 0.3) is 11.8 Å². The number of carbonyl (C=O) groups excluding carboxylic acids is 2. The summed E-state index contributed by atoms with van der Waals surface area (Å²) >= 11 is 0. The number of ether oxygens (including phenoxy) is 1.